The first-order valence-corrected chi connectivity index (χ1v) is 10.1. The summed E-state index contributed by atoms with van der Waals surface area (Å²) in [7, 11) is 0. The van der Waals surface area contributed by atoms with Crippen molar-refractivity contribution < 1.29 is 14.3 Å². The molecule has 1 aromatic heterocycles. The summed E-state index contributed by atoms with van der Waals surface area (Å²) in [5.74, 6) is 1.69. The summed E-state index contributed by atoms with van der Waals surface area (Å²) >= 11 is 7.32. The largest absolute Gasteiger partial charge is 0.486 e. The number of ether oxygens (including phenoxy) is 2. The van der Waals surface area contributed by atoms with E-state index in [1.165, 1.54) is 11.8 Å². The number of nitrogens with zero attached hydrogens (tertiary/aromatic N) is 3. The molecule has 1 N–H and O–H groups in total. The Morgan fingerprint density at radius 1 is 1.41 bits per heavy atom. The molecule has 0 spiro atoms. The van der Waals surface area contributed by atoms with Crippen molar-refractivity contribution >= 4 is 29.3 Å². The molecule has 0 aliphatic carbocycles. The smallest absolute Gasteiger partial charge is 0.233 e. The van der Waals surface area contributed by atoms with Gasteiger partial charge in [0.1, 0.15) is 12.4 Å². The molecule has 1 amide bonds. The summed E-state index contributed by atoms with van der Waals surface area (Å²) in [6, 6.07) is 5.48. The lowest BCUT2D eigenvalue weighted by Crippen LogP contribution is -2.48. The number of hydrogen-bond donors (Lipinski definition) is 1. The minimum Gasteiger partial charge on any atom is -0.486 e. The highest BCUT2D eigenvalue weighted by Crippen LogP contribution is 2.22. The molecule has 1 aliphatic heterocycles. The highest BCUT2D eigenvalue weighted by molar-refractivity contribution is 7.99. The van der Waals surface area contributed by atoms with Gasteiger partial charge < -0.3 is 14.4 Å². The number of carbonyl (C=O) groups is 1. The molecule has 9 heteroatoms. The Labute approximate surface area is 167 Å². The van der Waals surface area contributed by atoms with Crippen molar-refractivity contribution in [3.63, 3.8) is 0 Å². The molecule has 27 heavy (non-hydrogen) atoms. The highest BCUT2D eigenvalue weighted by atomic mass is 35.5. The molecule has 1 fully saturated rings. The Morgan fingerprint density at radius 3 is 2.85 bits per heavy atom. The number of thioether (sulfide) groups is 1. The number of rotatable bonds is 6. The van der Waals surface area contributed by atoms with Crippen molar-refractivity contribution in [3.8, 4) is 5.75 Å². The standard InChI is InChI=1S/C18H23ClN4O3S/c1-11-6-14(4-5-15(11)19)25-9-16-20-18(22-21-16)27-10-17(24)23-7-12(2)26-13(3)8-23/h4-6,12-13H,7-10H2,1-3H3,(H,20,21,22)/t12-,13+. The van der Waals surface area contributed by atoms with Crippen LogP contribution in [0.25, 0.3) is 0 Å². The van der Waals surface area contributed by atoms with Gasteiger partial charge in [0.05, 0.1) is 18.0 Å². The molecule has 0 unspecified atom stereocenters. The van der Waals surface area contributed by atoms with E-state index in [0.29, 0.717) is 40.6 Å². The predicted molar refractivity (Wildman–Crippen MR) is 104 cm³/mol. The average molecular weight is 411 g/mol. The molecule has 2 heterocycles. The summed E-state index contributed by atoms with van der Waals surface area (Å²) in [6.45, 7) is 7.39. The van der Waals surface area contributed by atoms with Crippen LogP contribution in [0.4, 0.5) is 0 Å². The van der Waals surface area contributed by atoms with Gasteiger partial charge in [-0.1, -0.05) is 23.4 Å². The number of aromatic nitrogens is 3. The van der Waals surface area contributed by atoms with Gasteiger partial charge in [-0.15, -0.1) is 5.10 Å². The maximum absolute atomic E-state index is 12.4. The number of aryl methyl sites for hydroxylation is 1. The van der Waals surface area contributed by atoms with E-state index in [0.717, 1.165) is 5.56 Å². The molecule has 1 aliphatic rings. The van der Waals surface area contributed by atoms with Gasteiger partial charge in [-0.05, 0) is 44.5 Å². The zero-order valence-corrected chi connectivity index (χ0v) is 17.1. The molecule has 0 saturated carbocycles. The minimum absolute atomic E-state index is 0.0615. The number of aromatic amines is 1. The van der Waals surface area contributed by atoms with Crippen LogP contribution < -0.4 is 4.74 Å². The van der Waals surface area contributed by atoms with Crippen LogP contribution in [-0.4, -0.2) is 57.0 Å². The third-order valence-corrected chi connectivity index (χ3v) is 5.37. The predicted octanol–water partition coefficient (Wildman–Crippen LogP) is 3.07. The molecular weight excluding hydrogens is 388 g/mol. The first kappa shape index (κ1) is 20.0. The molecule has 1 aromatic carbocycles. The monoisotopic (exact) mass is 410 g/mol. The van der Waals surface area contributed by atoms with Crippen LogP contribution in [0.2, 0.25) is 5.02 Å². The van der Waals surface area contributed by atoms with Crippen LogP contribution in [-0.2, 0) is 16.1 Å². The van der Waals surface area contributed by atoms with Crippen molar-refractivity contribution in [1.29, 1.82) is 0 Å². The fourth-order valence-electron chi connectivity index (χ4n) is 2.86. The quantitative estimate of drug-likeness (QED) is 0.737. The number of carbonyl (C=O) groups excluding carboxylic acids is 1. The van der Waals surface area contributed by atoms with E-state index in [1.807, 2.05) is 37.8 Å². The lowest BCUT2D eigenvalue weighted by Gasteiger charge is -2.35. The maximum Gasteiger partial charge on any atom is 0.233 e. The molecular formula is C18H23ClN4O3S. The van der Waals surface area contributed by atoms with Gasteiger partial charge in [-0.2, -0.15) is 0 Å². The first-order valence-electron chi connectivity index (χ1n) is 8.77. The lowest BCUT2D eigenvalue weighted by molar-refractivity contribution is -0.140. The fraction of sp³-hybridized carbons (Fsp3) is 0.500. The van der Waals surface area contributed by atoms with E-state index in [2.05, 4.69) is 15.2 Å². The van der Waals surface area contributed by atoms with Gasteiger partial charge in [0.25, 0.3) is 0 Å². The summed E-state index contributed by atoms with van der Waals surface area (Å²) in [5.41, 5.74) is 0.952. The SMILES string of the molecule is Cc1cc(OCc2nc(SCC(=O)N3C[C@@H](C)O[C@@H](C)C3)n[nH]2)ccc1Cl. The third-order valence-electron chi connectivity index (χ3n) is 4.11. The number of H-pyrrole nitrogens is 1. The van der Waals surface area contributed by atoms with Crippen LogP contribution in [0.3, 0.4) is 0 Å². The van der Waals surface area contributed by atoms with Gasteiger partial charge in [-0.25, -0.2) is 4.98 Å². The molecule has 146 valence electrons. The fourth-order valence-corrected chi connectivity index (χ4v) is 3.70. The van der Waals surface area contributed by atoms with E-state index in [4.69, 9.17) is 21.1 Å². The Hall–Kier alpha value is -1.77. The molecule has 3 rings (SSSR count). The zero-order valence-electron chi connectivity index (χ0n) is 15.6. The molecule has 2 atom stereocenters. The molecule has 1 saturated heterocycles. The second kappa shape index (κ2) is 8.95. The summed E-state index contributed by atoms with van der Waals surface area (Å²) in [6.07, 6.45) is 0.123. The van der Waals surface area contributed by atoms with Gasteiger partial charge in [0, 0.05) is 18.1 Å². The van der Waals surface area contributed by atoms with Crippen molar-refractivity contribution in [3.05, 3.63) is 34.6 Å². The highest BCUT2D eigenvalue weighted by Gasteiger charge is 2.25. The number of amides is 1. The Balaban J connectivity index is 1.47. The molecule has 0 bridgehead atoms. The summed E-state index contributed by atoms with van der Waals surface area (Å²) in [5, 5.41) is 8.21. The number of benzene rings is 1. The zero-order chi connectivity index (χ0) is 19.4. The van der Waals surface area contributed by atoms with Crippen LogP contribution >= 0.6 is 23.4 Å². The van der Waals surface area contributed by atoms with E-state index in [1.54, 1.807) is 6.07 Å². The maximum atomic E-state index is 12.4. The molecule has 7 nitrogen and oxygen atoms in total. The lowest BCUT2D eigenvalue weighted by atomic mass is 10.2. The second-order valence-electron chi connectivity index (χ2n) is 6.61. The second-order valence-corrected chi connectivity index (χ2v) is 7.96. The van der Waals surface area contributed by atoms with Crippen molar-refractivity contribution in [2.75, 3.05) is 18.8 Å². The number of morpholine rings is 1. The van der Waals surface area contributed by atoms with E-state index in [9.17, 15) is 4.79 Å². The normalized spacial score (nSPS) is 19.9. The summed E-state index contributed by atoms with van der Waals surface area (Å²) < 4.78 is 11.4. The number of nitrogens with one attached hydrogen (secondary N) is 1. The Kier molecular flexibility index (Phi) is 6.62. The van der Waals surface area contributed by atoms with Crippen molar-refractivity contribution in [2.45, 2.75) is 44.7 Å². The first-order chi connectivity index (χ1) is 12.9. The Morgan fingerprint density at radius 2 is 2.15 bits per heavy atom. The van der Waals surface area contributed by atoms with E-state index in [-0.39, 0.29) is 24.7 Å². The molecule has 0 radical (unpaired) electrons. The third kappa shape index (κ3) is 5.60. The van der Waals surface area contributed by atoms with Gasteiger partial charge in [-0.3, -0.25) is 9.89 Å². The van der Waals surface area contributed by atoms with Crippen molar-refractivity contribution in [2.24, 2.45) is 0 Å². The topological polar surface area (TPSA) is 80.3 Å². The van der Waals surface area contributed by atoms with Gasteiger partial charge in [0.15, 0.2) is 5.82 Å². The Bertz CT molecular complexity index is 791. The van der Waals surface area contributed by atoms with E-state index < -0.39 is 0 Å². The number of hydrogen-bond acceptors (Lipinski definition) is 6. The summed E-state index contributed by atoms with van der Waals surface area (Å²) in [4.78, 5) is 18.6. The van der Waals surface area contributed by atoms with Crippen LogP contribution in [0, 0.1) is 6.92 Å². The molecule has 2 aromatic rings. The van der Waals surface area contributed by atoms with Gasteiger partial charge in [0.2, 0.25) is 11.1 Å². The van der Waals surface area contributed by atoms with Crippen LogP contribution in [0.5, 0.6) is 5.75 Å². The van der Waals surface area contributed by atoms with Crippen LogP contribution in [0.15, 0.2) is 23.4 Å². The number of halogens is 1. The van der Waals surface area contributed by atoms with Crippen LogP contribution in [0.1, 0.15) is 25.2 Å². The van der Waals surface area contributed by atoms with Crippen molar-refractivity contribution in [1.82, 2.24) is 20.1 Å². The van der Waals surface area contributed by atoms with Gasteiger partial charge >= 0.3 is 0 Å². The average Bonchev–Trinajstić information content (AvgIpc) is 3.08. The minimum atomic E-state index is 0.0615. The van der Waals surface area contributed by atoms with E-state index >= 15 is 0 Å².